The fourth-order valence-electron chi connectivity index (χ4n) is 2.31. The molecule has 5 nitrogen and oxygen atoms in total. The molecule has 0 amide bonds. The van der Waals surface area contributed by atoms with Crippen molar-refractivity contribution in [3.05, 3.63) is 59.7 Å². The zero-order valence-corrected chi connectivity index (χ0v) is 12.4. The number of methoxy groups -OCH3 is 2. The van der Waals surface area contributed by atoms with Gasteiger partial charge in [0.25, 0.3) is 0 Å². The molecule has 1 unspecified atom stereocenters. The standard InChI is InChI=1S/C17H18O5/c1-21-14-8-9-15(22-2)12(10-14)11-17(20,16(18)19)13-6-4-3-5-7-13/h3-10,20H,11H2,1-2H3,(H,18,19). The second-order valence-corrected chi connectivity index (χ2v) is 4.89. The van der Waals surface area contributed by atoms with Gasteiger partial charge in [-0.1, -0.05) is 30.3 Å². The highest BCUT2D eigenvalue weighted by Gasteiger charge is 2.39. The topological polar surface area (TPSA) is 76.0 Å². The summed E-state index contributed by atoms with van der Waals surface area (Å²) in [6, 6.07) is 13.4. The molecule has 0 aliphatic rings. The second kappa shape index (κ2) is 6.49. The Morgan fingerprint density at radius 1 is 1.09 bits per heavy atom. The zero-order chi connectivity index (χ0) is 16.2. The van der Waals surface area contributed by atoms with Crippen molar-refractivity contribution < 1.29 is 24.5 Å². The molecular formula is C17H18O5. The van der Waals surface area contributed by atoms with Gasteiger partial charge in [0.1, 0.15) is 11.5 Å². The SMILES string of the molecule is COc1ccc(OC)c(CC(O)(C(=O)O)c2ccccc2)c1. The molecule has 5 heteroatoms. The maximum atomic E-state index is 11.7. The summed E-state index contributed by atoms with van der Waals surface area (Å²) in [5.74, 6) is -0.253. The van der Waals surface area contributed by atoms with Crippen molar-refractivity contribution in [2.45, 2.75) is 12.0 Å². The van der Waals surface area contributed by atoms with E-state index < -0.39 is 11.6 Å². The van der Waals surface area contributed by atoms with Crippen LogP contribution in [0, 0.1) is 0 Å². The first kappa shape index (κ1) is 15.9. The minimum atomic E-state index is -2.04. The maximum Gasteiger partial charge on any atom is 0.340 e. The summed E-state index contributed by atoms with van der Waals surface area (Å²) in [5.41, 5.74) is -1.18. The number of hydrogen-bond donors (Lipinski definition) is 2. The number of carboxylic acids is 1. The summed E-state index contributed by atoms with van der Waals surface area (Å²) in [4.78, 5) is 11.7. The van der Waals surface area contributed by atoms with Gasteiger partial charge in [-0.15, -0.1) is 0 Å². The van der Waals surface area contributed by atoms with Gasteiger partial charge in [0.05, 0.1) is 14.2 Å². The molecule has 2 aromatic carbocycles. The fraction of sp³-hybridized carbons (Fsp3) is 0.235. The summed E-state index contributed by atoms with van der Waals surface area (Å²) < 4.78 is 10.4. The Labute approximate surface area is 128 Å². The Morgan fingerprint density at radius 3 is 2.32 bits per heavy atom. The molecular weight excluding hydrogens is 284 g/mol. The summed E-state index contributed by atoms with van der Waals surface area (Å²) in [5, 5.41) is 20.2. The van der Waals surface area contributed by atoms with Crippen LogP contribution >= 0.6 is 0 Å². The van der Waals surface area contributed by atoms with E-state index in [0.717, 1.165) is 0 Å². The number of ether oxygens (including phenoxy) is 2. The number of carboxylic acid groups (broad SMARTS) is 1. The molecule has 22 heavy (non-hydrogen) atoms. The van der Waals surface area contributed by atoms with Crippen molar-refractivity contribution in [1.82, 2.24) is 0 Å². The summed E-state index contributed by atoms with van der Waals surface area (Å²) >= 11 is 0. The molecule has 0 radical (unpaired) electrons. The lowest BCUT2D eigenvalue weighted by Crippen LogP contribution is -2.38. The van der Waals surface area contributed by atoms with Gasteiger partial charge >= 0.3 is 5.97 Å². The smallest absolute Gasteiger partial charge is 0.340 e. The summed E-state index contributed by atoms with van der Waals surface area (Å²) in [7, 11) is 3.01. The number of carbonyl (C=O) groups is 1. The Bertz CT molecular complexity index is 653. The molecule has 0 aromatic heterocycles. The van der Waals surface area contributed by atoms with E-state index in [4.69, 9.17) is 9.47 Å². The van der Waals surface area contributed by atoms with Crippen LogP contribution in [0.15, 0.2) is 48.5 Å². The van der Waals surface area contributed by atoms with Crippen molar-refractivity contribution >= 4 is 5.97 Å². The van der Waals surface area contributed by atoms with E-state index in [-0.39, 0.29) is 6.42 Å². The molecule has 0 spiro atoms. The van der Waals surface area contributed by atoms with E-state index >= 15 is 0 Å². The average Bonchev–Trinajstić information content (AvgIpc) is 2.55. The molecule has 0 heterocycles. The van der Waals surface area contributed by atoms with Crippen LogP contribution in [0.5, 0.6) is 11.5 Å². The summed E-state index contributed by atoms with van der Waals surface area (Å²) in [6.45, 7) is 0. The number of hydrogen-bond acceptors (Lipinski definition) is 4. The highest BCUT2D eigenvalue weighted by molar-refractivity contribution is 5.79. The number of aliphatic carboxylic acids is 1. The van der Waals surface area contributed by atoms with Crippen molar-refractivity contribution in [3.8, 4) is 11.5 Å². The first-order valence-electron chi connectivity index (χ1n) is 6.73. The van der Waals surface area contributed by atoms with E-state index in [1.165, 1.54) is 14.2 Å². The zero-order valence-electron chi connectivity index (χ0n) is 12.4. The third-order valence-electron chi connectivity index (χ3n) is 3.54. The van der Waals surface area contributed by atoms with Crippen LogP contribution in [0.2, 0.25) is 0 Å². The predicted octanol–water partition coefficient (Wildman–Crippen LogP) is 2.22. The largest absolute Gasteiger partial charge is 0.497 e. The van der Waals surface area contributed by atoms with Crippen molar-refractivity contribution in [2.75, 3.05) is 14.2 Å². The normalized spacial score (nSPS) is 13.2. The van der Waals surface area contributed by atoms with E-state index in [1.54, 1.807) is 48.5 Å². The molecule has 2 N–H and O–H groups in total. The van der Waals surface area contributed by atoms with Gasteiger partial charge in [0.15, 0.2) is 5.60 Å². The van der Waals surface area contributed by atoms with Crippen LogP contribution in [0.25, 0.3) is 0 Å². The van der Waals surface area contributed by atoms with Gasteiger partial charge < -0.3 is 19.7 Å². The van der Waals surface area contributed by atoms with Gasteiger partial charge in [-0.05, 0) is 23.8 Å². The lowest BCUT2D eigenvalue weighted by molar-refractivity contribution is -0.159. The monoisotopic (exact) mass is 302 g/mol. The lowest BCUT2D eigenvalue weighted by Gasteiger charge is -2.25. The fourth-order valence-corrected chi connectivity index (χ4v) is 2.31. The Morgan fingerprint density at radius 2 is 1.77 bits per heavy atom. The lowest BCUT2D eigenvalue weighted by atomic mass is 9.87. The highest BCUT2D eigenvalue weighted by Crippen LogP contribution is 2.32. The molecule has 0 saturated carbocycles. The van der Waals surface area contributed by atoms with Crippen molar-refractivity contribution in [3.63, 3.8) is 0 Å². The Hall–Kier alpha value is -2.53. The van der Waals surface area contributed by atoms with E-state index in [1.807, 2.05) is 0 Å². The third-order valence-corrected chi connectivity index (χ3v) is 3.54. The number of benzene rings is 2. The minimum absolute atomic E-state index is 0.132. The second-order valence-electron chi connectivity index (χ2n) is 4.89. The molecule has 116 valence electrons. The van der Waals surface area contributed by atoms with Gasteiger partial charge in [0.2, 0.25) is 0 Å². The van der Waals surface area contributed by atoms with Crippen molar-refractivity contribution in [1.29, 1.82) is 0 Å². The molecule has 0 saturated heterocycles. The maximum absolute atomic E-state index is 11.7. The molecule has 0 aliphatic carbocycles. The van der Waals surface area contributed by atoms with Crippen molar-refractivity contribution in [2.24, 2.45) is 0 Å². The average molecular weight is 302 g/mol. The van der Waals surface area contributed by atoms with Gasteiger partial charge in [-0.3, -0.25) is 0 Å². The van der Waals surface area contributed by atoms with Crippen LogP contribution in [-0.4, -0.2) is 30.4 Å². The number of rotatable bonds is 6. The minimum Gasteiger partial charge on any atom is -0.497 e. The first-order chi connectivity index (χ1) is 10.5. The van der Waals surface area contributed by atoms with Gasteiger partial charge in [-0.25, -0.2) is 4.79 Å². The van der Waals surface area contributed by atoms with Gasteiger partial charge in [-0.2, -0.15) is 0 Å². The van der Waals surface area contributed by atoms with Crippen LogP contribution in [0.3, 0.4) is 0 Å². The van der Waals surface area contributed by atoms with Crippen LogP contribution < -0.4 is 9.47 Å². The van der Waals surface area contributed by atoms with Crippen LogP contribution in [0.1, 0.15) is 11.1 Å². The molecule has 0 fully saturated rings. The van der Waals surface area contributed by atoms with Crippen LogP contribution in [0.4, 0.5) is 0 Å². The van der Waals surface area contributed by atoms with E-state index in [2.05, 4.69) is 0 Å². The molecule has 0 aliphatic heterocycles. The quantitative estimate of drug-likeness (QED) is 0.855. The third kappa shape index (κ3) is 3.04. The summed E-state index contributed by atoms with van der Waals surface area (Å²) in [6.07, 6.45) is -0.132. The Kier molecular flexibility index (Phi) is 4.68. The first-order valence-corrected chi connectivity index (χ1v) is 6.73. The predicted molar refractivity (Wildman–Crippen MR) is 81.2 cm³/mol. The highest BCUT2D eigenvalue weighted by atomic mass is 16.5. The van der Waals surface area contributed by atoms with Gasteiger partial charge in [0, 0.05) is 12.0 Å². The molecule has 1 atom stereocenters. The van der Waals surface area contributed by atoms with E-state index in [9.17, 15) is 15.0 Å². The van der Waals surface area contributed by atoms with E-state index in [0.29, 0.717) is 22.6 Å². The molecule has 2 aromatic rings. The Balaban J connectivity index is 2.47. The molecule has 2 rings (SSSR count). The van der Waals surface area contributed by atoms with Crippen LogP contribution in [-0.2, 0) is 16.8 Å². The molecule has 0 bridgehead atoms. The number of aliphatic hydroxyl groups is 1.